The number of hydrogen-bond donors (Lipinski definition) is 2. The minimum atomic E-state index is -4.46. The van der Waals surface area contributed by atoms with Crippen molar-refractivity contribution in [3.63, 3.8) is 0 Å². The zero-order valence-corrected chi connectivity index (χ0v) is 17.8. The molecule has 6 nitrogen and oxygen atoms in total. The molecule has 0 atom stereocenters. The lowest BCUT2D eigenvalue weighted by Gasteiger charge is -2.11. The van der Waals surface area contributed by atoms with Crippen LogP contribution in [0.2, 0.25) is 0 Å². The van der Waals surface area contributed by atoms with Crippen LogP contribution >= 0.6 is 27.5 Å². The molecule has 0 radical (unpaired) electrons. The van der Waals surface area contributed by atoms with Crippen molar-refractivity contribution in [3.8, 4) is 11.6 Å². The second-order valence-corrected chi connectivity index (χ2v) is 8.20. The van der Waals surface area contributed by atoms with Gasteiger partial charge in [0, 0.05) is 10.7 Å². The molecule has 3 heterocycles. The van der Waals surface area contributed by atoms with Gasteiger partial charge in [-0.2, -0.15) is 17.5 Å². The summed E-state index contributed by atoms with van der Waals surface area (Å²) in [5.41, 5.74) is 0.424. The summed E-state index contributed by atoms with van der Waals surface area (Å²) in [7, 11) is 0. The molecule has 156 valence electrons. The molecule has 0 saturated heterocycles. The number of imidazole rings is 1. The van der Waals surface area contributed by atoms with Gasteiger partial charge >= 0.3 is 6.18 Å². The molecule has 0 saturated carbocycles. The van der Waals surface area contributed by atoms with Gasteiger partial charge in [-0.1, -0.05) is 12.1 Å². The van der Waals surface area contributed by atoms with Crippen LogP contribution in [0.1, 0.15) is 5.56 Å². The highest BCUT2D eigenvalue weighted by Gasteiger charge is 2.31. The molecule has 0 aliphatic heterocycles. The first kappa shape index (κ1) is 19.8. The summed E-state index contributed by atoms with van der Waals surface area (Å²) in [5, 5.41) is 3.86. The highest BCUT2D eigenvalue weighted by molar-refractivity contribution is 9.10. The average Bonchev–Trinajstić information content (AvgIpc) is 3.36. The van der Waals surface area contributed by atoms with Gasteiger partial charge in [0.05, 0.1) is 33.1 Å². The molecule has 31 heavy (non-hydrogen) atoms. The van der Waals surface area contributed by atoms with E-state index in [2.05, 4.69) is 40.6 Å². The lowest BCUT2D eigenvalue weighted by molar-refractivity contribution is -0.137. The smallest absolute Gasteiger partial charge is 0.416 e. The third-order valence-electron chi connectivity index (χ3n) is 4.46. The number of nitrogens with zero attached hydrogens (tertiary/aromatic N) is 3. The summed E-state index contributed by atoms with van der Waals surface area (Å²) < 4.78 is 50.7. The molecular formula is C20H11BrF3N5OS. The number of pyridine rings is 1. The molecule has 0 bridgehead atoms. The second-order valence-electron chi connectivity index (χ2n) is 6.51. The number of para-hydroxylation sites is 2. The maximum atomic E-state index is 13.1. The molecular weight excluding hydrogens is 495 g/mol. The van der Waals surface area contributed by atoms with Gasteiger partial charge in [-0.15, -0.1) is 0 Å². The Kier molecular flexibility index (Phi) is 4.78. The van der Waals surface area contributed by atoms with Gasteiger partial charge in [0.25, 0.3) is 0 Å². The van der Waals surface area contributed by atoms with E-state index in [0.717, 1.165) is 22.2 Å². The van der Waals surface area contributed by atoms with E-state index in [4.69, 9.17) is 4.74 Å². The Balaban J connectivity index is 1.49. The van der Waals surface area contributed by atoms with Crippen molar-refractivity contribution in [2.75, 3.05) is 5.32 Å². The third kappa shape index (κ3) is 3.81. The van der Waals surface area contributed by atoms with E-state index in [1.54, 1.807) is 36.7 Å². The van der Waals surface area contributed by atoms with Gasteiger partial charge in [-0.3, -0.25) is 0 Å². The Morgan fingerprint density at radius 1 is 1.13 bits per heavy atom. The monoisotopic (exact) mass is 505 g/mol. The van der Waals surface area contributed by atoms with Crippen molar-refractivity contribution in [2.24, 2.45) is 0 Å². The number of nitrogens with one attached hydrogen (secondary N) is 2. The molecule has 3 aromatic heterocycles. The standard InChI is InChI=1S/C20H11BrF3N5OS/c21-12-7-10(20(22,23)24)8-14-17(12)29-19(28-14)27-13-3-1-2-4-15(13)30-18-11-9-26-31-16(11)5-6-25-18/h1-9H,(H2,27,28,29). The number of H-pyrrole nitrogens is 1. The van der Waals surface area contributed by atoms with Gasteiger partial charge in [0.1, 0.15) is 5.52 Å². The van der Waals surface area contributed by atoms with E-state index in [9.17, 15) is 13.2 Å². The highest BCUT2D eigenvalue weighted by Crippen LogP contribution is 2.37. The summed E-state index contributed by atoms with van der Waals surface area (Å²) in [6, 6.07) is 11.0. The van der Waals surface area contributed by atoms with Crippen molar-refractivity contribution in [3.05, 3.63) is 64.9 Å². The van der Waals surface area contributed by atoms with Crippen LogP contribution in [0.25, 0.3) is 21.1 Å². The minimum Gasteiger partial charge on any atom is -0.436 e. The number of benzene rings is 2. The number of rotatable bonds is 4. The zero-order chi connectivity index (χ0) is 21.6. The Morgan fingerprint density at radius 3 is 2.81 bits per heavy atom. The van der Waals surface area contributed by atoms with E-state index in [1.807, 2.05) is 6.07 Å². The average molecular weight is 506 g/mol. The fourth-order valence-corrected chi connectivity index (χ4v) is 4.22. The molecule has 0 spiro atoms. The van der Waals surface area contributed by atoms with Crippen molar-refractivity contribution in [2.45, 2.75) is 6.18 Å². The molecule has 2 N–H and O–H groups in total. The van der Waals surface area contributed by atoms with Crippen LogP contribution in [0, 0.1) is 0 Å². The number of anilines is 2. The minimum absolute atomic E-state index is 0.243. The lowest BCUT2D eigenvalue weighted by atomic mass is 10.2. The zero-order valence-electron chi connectivity index (χ0n) is 15.4. The van der Waals surface area contributed by atoms with Crippen LogP contribution in [0.5, 0.6) is 11.6 Å². The predicted molar refractivity (Wildman–Crippen MR) is 116 cm³/mol. The van der Waals surface area contributed by atoms with Crippen LogP contribution in [0.3, 0.4) is 0 Å². The van der Waals surface area contributed by atoms with E-state index in [1.165, 1.54) is 11.5 Å². The topological polar surface area (TPSA) is 75.7 Å². The number of ether oxygens (including phenoxy) is 1. The summed E-state index contributed by atoms with van der Waals surface area (Å²) in [6.07, 6.45) is -1.13. The summed E-state index contributed by atoms with van der Waals surface area (Å²) in [4.78, 5) is 11.5. The van der Waals surface area contributed by atoms with Crippen LogP contribution in [-0.4, -0.2) is 19.3 Å². The fraction of sp³-hybridized carbons (Fsp3) is 0.0500. The Bertz CT molecular complexity index is 1420. The first-order valence-electron chi connectivity index (χ1n) is 8.88. The van der Waals surface area contributed by atoms with Gasteiger partial charge < -0.3 is 15.0 Å². The molecule has 0 aliphatic rings. The molecule has 5 rings (SSSR count). The number of halogens is 4. The molecule has 0 aliphatic carbocycles. The van der Waals surface area contributed by atoms with Crippen molar-refractivity contribution in [1.82, 2.24) is 19.3 Å². The quantitative estimate of drug-likeness (QED) is 0.278. The largest absolute Gasteiger partial charge is 0.436 e. The number of hydrogen-bond acceptors (Lipinski definition) is 6. The van der Waals surface area contributed by atoms with Crippen molar-refractivity contribution < 1.29 is 17.9 Å². The predicted octanol–water partition coefficient (Wildman–Crippen LogP) is 6.88. The molecule has 11 heteroatoms. The fourth-order valence-electron chi connectivity index (χ4n) is 3.04. The number of alkyl halides is 3. The van der Waals surface area contributed by atoms with E-state index in [0.29, 0.717) is 22.8 Å². The van der Waals surface area contributed by atoms with Crippen molar-refractivity contribution >= 4 is 60.2 Å². The number of fused-ring (bicyclic) bond motifs is 2. The normalized spacial score (nSPS) is 11.9. The van der Waals surface area contributed by atoms with Gasteiger partial charge in [-0.25, -0.2) is 9.97 Å². The van der Waals surface area contributed by atoms with E-state index in [-0.39, 0.29) is 15.9 Å². The van der Waals surface area contributed by atoms with Crippen LogP contribution in [-0.2, 0) is 6.18 Å². The number of aromatic amines is 1. The molecule has 5 aromatic rings. The van der Waals surface area contributed by atoms with E-state index >= 15 is 0 Å². The molecule has 2 aromatic carbocycles. The summed E-state index contributed by atoms with van der Waals surface area (Å²) in [5.74, 6) is 1.15. The summed E-state index contributed by atoms with van der Waals surface area (Å²) >= 11 is 4.51. The van der Waals surface area contributed by atoms with Crippen LogP contribution < -0.4 is 10.1 Å². The molecule has 0 amide bonds. The van der Waals surface area contributed by atoms with Crippen LogP contribution in [0.4, 0.5) is 24.8 Å². The van der Waals surface area contributed by atoms with Gasteiger partial charge in [0.15, 0.2) is 5.75 Å². The molecule has 0 fully saturated rings. The van der Waals surface area contributed by atoms with Gasteiger partial charge in [-0.05, 0) is 57.8 Å². The maximum Gasteiger partial charge on any atom is 0.416 e. The maximum absolute atomic E-state index is 13.1. The Hall–Kier alpha value is -3.18. The highest BCUT2D eigenvalue weighted by atomic mass is 79.9. The molecule has 0 unspecified atom stereocenters. The number of aromatic nitrogens is 4. The van der Waals surface area contributed by atoms with E-state index < -0.39 is 11.7 Å². The summed E-state index contributed by atoms with van der Waals surface area (Å²) in [6.45, 7) is 0. The first-order valence-corrected chi connectivity index (χ1v) is 10.4. The van der Waals surface area contributed by atoms with Crippen LogP contribution in [0.15, 0.2) is 59.3 Å². The second kappa shape index (κ2) is 7.50. The van der Waals surface area contributed by atoms with Gasteiger partial charge in [0.2, 0.25) is 11.8 Å². The lowest BCUT2D eigenvalue weighted by Crippen LogP contribution is -2.04. The Morgan fingerprint density at radius 2 is 1.97 bits per heavy atom. The first-order chi connectivity index (χ1) is 14.9. The van der Waals surface area contributed by atoms with Crippen molar-refractivity contribution in [1.29, 1.82) is 0 Å². The SMILES string of the molecule is FC(F)(F)c1cc(Br)c2nc(Nc3ccccc3Oc3nccc4sncc34)[nH]c2c1. The third-order valence-corrected chi connectivity index (χ3v) is 5.83. The Labute approximate surface area is 185 Å².